The predicted octanol–water partition coefficient (Wildman–Crippen LogP) is 3.45. The van der Waals surface area contributed by atoms with Gasteiger partial charge in [-0.3, -0.25) is 0 Å². The molecule has 2 saturated carbocycles. The Kier molecular flexibility index (Phi) is 2.18. The summed E-state index contributed by atoms with van der Waals surface area (Å²) in [4.78, 5) is 0. The van der Waals surface area contributed by atoms with E-state index in [0.29, 0.717) is 0 Å². The first-order valence-corrected chi connectivity index (χ1v) is 5.61. The highest BCUT2D eigenvalue weighted by Gasteiger charge is 2.53. The van der Waals surface area contributed by atoms with Crippen molar-refractivity contribution in [2.24, 2.45) is 17.3 Å². The summed E-state index contributed by atoms with van der Waals surface area (Å²) in [5.74, 6) is 1.59. The summed E-state index contributed by atoms with van der Waals surface area (Å²) in [6, 6.07) is 0. The van der Waals surface area contributed by atoms with E-state index in [0.717, 1.165) is 30.0 Å². The summed E-state index contributed by atoms with van der Waals surface area (Å²) in [6.07, 6.45) is 1.35. The lowest BCUT2D eigenvalue weighted by Gasteiger charge is -2.28. The normalized spacial score (nSPS) is 45.0. The second kappa shape index (κ2) is 2.93. The molecule has 2 atom stereocenters. The molecule has 0 nitrogen and oxygen atoms in total. The lowest BCUT2D eigenvalue weighted by Crippen LogP contribution is -2.23. The van der Waals surface area contributed by atoms with Gasteiger partial charge in [-0.2, -0.15) is 0 Å². The Morgan fingerprint density at radius 1 is 1.33 bits per heavy atom. The molecule has 0 heterocycles. The minimum atomic E-state index is -2.12. The van der Waals surface area contributed by atoms with Gasteiger partial charge in [-0.25, -0.2) is 8.78 Å². The van der Waals surface area contributed by atoms with Gasteiger partial charge < -0.3 is 0 Å². The average molecular weight is 239 g/mol. The summed E-state index contributed by atoms with van der Waals surface area (Å²) in [5.41, 5.74) is -0.0538. The van der Waals surface area contributed by atoms with Gasteiger partial charge in [-0.1, -0.05) is 15.9 Å². The molecule has 0 aromatic heterocycles. The molecule has 2 aliphatic carbocycles. The first kappa shape index (κ1) is 8.92. The molecule has 0 aromatic rings. The quantitative estimate of drug-likeness (QED) is 0.661. The maximum absolute atomic E-state index is 12.2. The highest BCUT2D eigenvalue weighted by Crippen LogP contribution is 2.62. The lowest BCUT2D eigenvalue weighted by atomic mass is 9.82. The van der Waals surface area contributed by atoms with E-state index < -0.39 is 6.43 Å². The van der Waals surface area contributed by atoms with Crippen LogP contribution in [-0.4, -0.2) is 11.8 Å². The SMILES string of the molecule is FC(F)CC1(CBr)CC2CC2C1. The van der Waals surface area contributed by atoms with Crippen LogP contribution in [0, 0.1) is 17.3 Å². The summed E-state index contributed by atoms with van der Waals surface area (Å²) in [7, 11) is 0. The van der Waals surface area contributed by atoms with E-state index in [9.17, 15) is 8.78 Å². The van der Waals surface area contributed by atoms with Crippen LogP contribution in [0.5, 0.6) is 0 Å². The van der Waals surface area contributed by atoms with Crippen LogP contribution < -0.4 is 0 Å². The van der Waals surface area contributed by atoms with Crippen molar-refractivity contribution in [2.45, 2.75) is 32.1 Å². The number of hydrogen-bond donors (Lipinski definition) is 0. The molecule has 12 heavy (non-hydrogen) atoms. The Bertz CT molecular complexity index is 171. The first-order valence-electron chi connectivity index (χ1n) is 4.49. The van der Waals surface area contributed by atoms with E-state index in [2.05, 4.69) is 15.9 Å². The Labute approximate surface area is 79.8 Å². The smallest absolute Gasteiger partial charge is 0.211 e. The molecular formula is C9H13BrF2. The maximum Gasteiger partial charge on any atom is 0.239 e. The van der Waals surface area contributed by atoms with Crippen molar-refractivity contribution in [3.63, 3.8) is 0 Å². The van der Waals surface area contributed by atoms with E-state index in [1.807, 2.05) is 0 Å². The van der Waals surface area contributed by atoms with E-state index in [-0.39, 0.29) is 11.8 Å². The second-order valence-corrected chi connectivity index (χ2v) is 4.95. The van der Waals surface area contributed by atoms with Crippen LogP contribution in [0.15, 0.2) is 0 Å². The Balaban J connectivity index is 1.96. The van der Waals surface area contributed by atoms with E-state index >= 15 is 0 Å². The zero-order chi connectivity index (χ0) is 8.77. The van der Waals surface area contributed by atoms with Crippen molar-refractivity contribution in [3.8, 4) is 0 Å². The number of halogens is 3. The molecule has 3 heteroatoms. The number of rotatable bonds is 3. The zero-order valence-electron chi connectivity index (χ0n) is 6.90. The highest BCUT2D eigenvalue weighted by molar-refractivity contribution is 9.09. The van der Waals surface area contributed by atoms with E-state index in [4.69, 9.17) is 0 Å². The monoisotopic (exact) mass is 238 g/mol. The van der Waals surface area contributed by atoms with Gasteiger partial charge in [-0.05, 0) is 36.5 Å². The van der Waals surface area contributed by atoms with Crippen molar-refractivity contribution in [3.05, 3.63) is 0 Å². The third-order valence-corrected chi connectivity index (χ3v) is 4.52. The average Bonchev–Trinajstić information content (AvgIpc) is 2.59. The standard InChI is InChI=1S/C9H13BrF2/c10-5-9(4-8(11)12)2-6-1-7(6)3-9/h6-8H,1-5H2. The van der Waals surface area contributed by atoms with Crippen molar-refractivity contribution in [2.75, 3.05) is 5.33 Å². The molecule has 2 fully saturated rings. The summed E-state index contributed by atoms with van der Waals surface area (Å²) >= 11 is 3.38. The molecule has 2 aliphatic rings. The van der Waals surface area contributed by atoms with Gasteiger partial charge in [0.05, 0.1) is 0 Å². The van der Waals surface area contributed by atoms with Crippen molar-refractivity contribution in [1.82, 2.24) is 0 Å². The van der Waals surface area contributed by atoms with E-state index in [1.165, 1.54) is 6.42 Å². The Morgan fingerprint density at radius 2 is 1.92 bits per heavy atom. The Morgan fingerprint density at radius 3 is 2.33 bits per heavy atom. The maximum atomic E-state index is 12.2. The van der Waals surface area contributed by atoms with Crippen molar-refractivity contribution in [1.29, 1.82) is 0 Å². The van der Waals surface area contributed by atoms with Crippen molar-refractivity contribution >= 4 is 15.9 Å². The molecule has 0 amide bonds. The molecule has 0 saturated heterocycles. The fourth-order valence-electron chi connectivity index (χ4n) is 2.66. The summed E-state index contributed by atoms with van der Waals surface area (Å²) in [5, 5.41) is 0.761. The predicted molar refractivity (Wildman–Crippen MR) is 47.7 cm³/mol. The minimum Gasteiger partial charge on any atom is -0.211 e. The van der Waals surface area contributed by atoms with Crippen LogP contribution in [0.3, 0.4) is 0 Å². The number of alkyl halides is 3. The zero-order valence-corrected chi connectivity index (χ0v) is 8.49. The third-order valence-electron chi connectivity index (χ3n) is 3.33. The molecule has 0 aliphatic heterocycles. The van der Waals surface area contributed by atoms with Gasteiger partial charge >= 0.3 is 0 Å². The summed E-state index contributed by atoms with van der Waals surface area (Å²) in [6.45, 7) is 0. The fraction of sp³-hybridized carbons (Fsp3) is 1.00. The van der Waals surface area contributed by atoms with Crippen LogP contribution in [0.1, 0.15) is 25.7 Å². The Hall–Kier alpha value is 0.340. The largest absolute Gasteiger partial charge is 0.239 e. The molecule has 0 bridgehead atoms. The fourth-order valence-corrected chi connectivity index (χ4v) is 3.35. The first-order chi connectivity index (χ1) is 5.65. The molecule has 0 radical (unpaired) electrons. The molecule has 2 rings (SSSR count). The molecule has 2 unspecified atom stereocenters. The minimum absolute atomic E-state index is 0.0538. The van der Waals surface area contributed by atoms with Gasteiger partial charge in [0.2, 0.25) is 6.43 Å². The van der Waals surface area contributed by atoms with Crippen LogP contribution in [0.25, 0.3) is 0 Å². The van der Waals surface area contributed by atoms with Gasteiger partial charge in [-0.15, -0.1) is 0 Å². The third kappa shape index (κ3) is 1.52. The topological polar surface area (TPSA) is 0 Å². The van der Waals surface area contributed by atoms with Gasteiger partial charge in [0, 0.05) is 11.8 Å². The van der Waals surface area contributed by atoms with Crippen LogP contribution in [0.2, 0.25) is 0 Å². The van der Waals surface area contributed by atoms with Gasteiger partial charge in [0.1, 0.15) is 0 Å². The van der Waals surface area contributed by atoms with Crippen molar-refractivity contribution < 1.29 is 8.78 Å². The number of hydrogen-bond acceptors (Lipinski definition) is 0. The van der Waals surface area contributed by atoms with Crippen LogP contribution in [-0.2, 0) is 0 Å². The van der Waals surface area contributed by atoms with Gasteiger partial charge in [0.25, 0.3) is 0 Å². The molecule has 0 spiro atoms. The van der Waals surface area contributed by atoms with Gasteiger partial charge in [0.15, 0.2) is 0 Å². The second-order valence-electron chi connectivity index (χ2n) is 4.39. The molecule has 0 aromatic carbocycles. The molecule has 0 N–H and O–H groups in total. The molecular weight excluding hydrogens is 226 g/mol. The lowest BCUT2D eigenvalue weighted by molar-refractivity contribution is 0.0793. The highest BCUT2D eigenvalue weighted by atomic mass is 79.9. The van der Waals surface area contributed by atoms with E-state index in [1.54, 1.807) is 0 Å². The van der Waals surface area contributed by atoms with Crippen LogP contribution >= 0.6 is 15.9 Å². The summed E-state index contributed by atoms with van der Waals surface area (Å²) < 4.78 is 24.5. The van der Waals surface area contributed by atoms with Crippen LogP contribution in [0.4, 0.5) is 8.78 Å². The molecule has 70 valence electrons. The number of fused-ring (bicyclic) bond motifs is 1.